The van der Waals surface area contributed by atoms with E-state index in [0.717, 1.165) is 72.6 Å². The summed E-state index contributed by atoms with van der Waals surface area (Å²) in [5, 5.41) is 0. The first-order valence-corrected chi connectivity index (χ1v) is 10.7. The third kappa shape index (κ3) is 3.69. The number of benzene rings is 2. The molecule has 148 valence electrons. The van der Waals surface area contributed by atoms with Gasteiger partial charge >= 0.3 is 0 Å². The smallest absolute Gasteiger partial charge is 0.253 e. The summed E-state index contributed by atoms with van der Waals surface area (Å²) in [5.41, 5.74) is 4.68. The van der Waals surface area contributed by atoms with Gasteiger partial charge in [-0.3, -0.25) is 9.78 Å². The van der Waals surface area contributed by atoms with Gasteiger partial charge in [-0.15, -0.1) is 0 Å². The standard InChI is InChI=1S/C24H26N4O/c29-24(28-13-4-5-14-28)20-8-6-7-18(15-20)19-9-10-21-22(16-19)26-23(17-25-21)27-11-2-1-3-12-27/h6-10,15-17H,1-5,11-14H2. The Hall–Kier alpha value is -2.95. The molecule has 0 spiro atoms. The lowest BCUT2D eigenvalue weighted by Crippen LogP contribution is -2.30. The van der Waals surface area contributed by atoms with Gasteiger partial charge in [0.15, 0.2) is 0 Å². The van der Waals surface area contributed by atoms with Gasteiger partial charge in [-0.25, -0.2) is 4.98 Å². The van der Waals surface area contributed by atoms with Crippen LogP contribution in [0.25, 0.3) is 22.2 Å². The van der Waals surface area contributed by atoms with Gasteiger partial charge in [0.1, 0.15) is 5.82 Å². The molecule has 3 heterocycles. The zero-order valence-corrected chi connectivity index (χ0v) is 16.7. The number of carbonyl (C=O) groups is 1. The van der Waals surface area contributed by atoms with Crippen LogP contribution in [0, 0.1) is 0 Å². The van der Waals surface area contributed by atoms with Crippen molar-refractivity contribution in [3.8, 4) is 11.1 Å². The van der Waals surface area contributed by atoms with Gasteiger partial charge in [-0.1, -0.05) is 18.2 Å². The number of fused-ring (bicyclic) bond motifs is 1. The van der Waals surface area contributed by atoms with Crippen molar-refractivity contribution in [2.45, 2.75) is 32.1 Å². The maximum absolute atomic E-state index is 12.8. The summed E-state index contributed by atoms with van der Waals surface area (Å²) in [4.78, 5) is 26.6. The Bertz CT molecular complexity index is 1040. The average molecular weight is 386 g/mol. The van der Waals surface area contributed by atoms with E-state index in [4.69, 9.17) is 4.98 Å². The van der Waals surface area contributed by atoms with Crippen LogP contribution in [0.1, 0.15) is 42.5 Å². The van der Waals surface area contributed by atoms with Crippen LogP contribution in [0.5, 0.6) is 0 Å². The molecule has 0 saturated carbocycles. The SMILES string of the molecule is O=C(c1cccc(-c2ccc3ncc(N4CCCCC4)nc3c2)c1)N1CCCC1. The number of hydrogen-bond donors (Lipinski definition) is 0. The molecule has 0 atom stereocenters. The molecular formula is C24H26N4O. The minimum atomic E-state index is 0.136. The van der Waals surface area contributed by atoms with Crippen LogP contribution in [-0.4, -0.2) is 47.0 Å². The Morgan fingerprint density at radius 2 is 1.55 bits per heavy atom. The fourth-order valence-corrected chi connectivity index (χ4v) is 4.39. The van der Waals surface area contributed by atoms with Crippen molar-refractivity contribution >= 4 is 22.8 Å². The second-order valence-electron chi connectivity index (χ2n) is 8.06. The molecule has 0 aliphatic carbocycles. The van der Waals surface area contributed by atoms with Crippen LogP contribution in [-0.2, 0) is 0 Å². The Balaban J connectivity index is 1.46. The zero-order chi connectivity index (χ0) is 19.6. The van der Waals surface area contributed by atoms with E-state index in [1.54, 1.807) is 0 Å². The number of likely N-dealkylation sites (tertiary alicyclic amines) is 1. The highest BCUT2D eigenvalue weighted by Crippen LogP contribution is 2.26. The molecule has 1 amide bonds. The Labute approximate surface area is 171 Å². The second kappa shape index (κ2) is 7.82. The lowest BCUT2D eigenvalue weighted by molar-refractivity contribution is 0.0793. The highest BCUT2D eigenvalue weighted by Gasteiger charge is 2.20. The second-order valence-corrected chi connectivity index (χ2v) is 8.06. The molecule has 0 bridgehead atoms. The lowest BCUT2D eigenvalue weighted by Gasteiger charge is -2.27. The minimum absolute atomic E-state index is 0.136. The summed E-state index contributed by atoms with van der Waals surface area (Å²) in [6.45, 7) is 3.85. The number of hydrogen-bond acceptors (Lipinski definition) is 4. The fourth-order valence-electron chi connectivity index (χ4n) is 4.39. The van der Waals surface area contributed by atoms with Crippen LogP contribution in [0.2, 0.25) is 0 Å². The molecule has 3 aromatic rings. The number of anilines is 1. The number of amides is 1. The summed E-state index contributed by atoms with van der Waals surface area (Å²) in [6.07, 6.45) is 7.84. The minimum Gasteiger partial charge on any atom is -0.355 e. The van der Waals surface area contributed by atoms with Gasteiger partial charge < -0.3 is 9.80 Å². The maximum atomic E-state index is 12.8. The van der Waals surface area contributed by atoms with E-state index >= 15 is 0 Å². The van der Waals surface area contributed by atoms with Crippen molar-refractivity contribution in [3.05, 3.63) is 54.2 Å². The molecule has 2 fully saturated rings. The Morgan fingerprint density at radius 3 is 2.38 bits per heavy atom. The van der Waals surface area contributed by atoms with Gasteiger partial charge in [-0.05, 0) is 67.5 Å². The van der Waals surface area contributed by atoms with Gasteiger partial charge in [0.05, 0.1) is 17.2 Å². The normalized spacial score (nSPS) is 17.1. The molecule has 1 aromatic heterocycles. The topological polar surface area (TPSA) is 49.3 Å². The summed E-state index contributed by atoms with van der Waals surface area (Å²) < 4.78 is 0. The fraction of sp³-hybridized carbons (Fsp3) is 0.375. The van der Waals surface area contributed by atoms with E-state index in [-0.39, 0.29) is 5.91 Å². The van der Waals surface area contributed by atoms with E-state index in [1.807, 2.05) is 35.4 Å². The molecule has 5 heteroatoms. The Kier molecular flexibility index (Phi) is 4.88. The Morgan fingerprint density at radius 1 is 0.793 bits per heavy atom. The third-order valence-corrected chi connectivity index (χ3v) is 6.05. The molecule has 5 nitrogen and oxygen atoms in total. The monoisotopic (exact) mass is 386 g/mol. The zero-order valence-electron chi connectivity index (χ0n) is 16.7. The molecule has 0 unspecified atom stereocenters. The first kappa shape index (κ1) is 18.1. The lowest BCUT2D eigenvalue weighted by atomic mass is 10.0. The highest BCUT2D eigenvalue weighted by atomic mass is 16.2. The van der Waals surface area contributed by atoms with Crippen molar-refractivity contribution < 1.29 is 4.79 Å². The van der Waals surface area contributed by atoms with Crippen molar-refractivity contribution in [1.82, 2.24) is 14.9 Å². The summed E-state index contributed by atoms with van der Waals surface area (Å²) in [7, 11) is 0. The number of piperidine rings is 1. The molecule has 29 heavy (non-hydrogen) atoms. The van der Waals surface area contributed by atoms with Crippen molar-refractivity contribution in [3.63, 3.8) is 0 Å². The molecule has 2 aromatic carbocycles. The largest absolute Gasteiger partial charge is 0.355 e. The average Bonchev–Trinajstić information content (AvgIpc) is 3.33. The summed E-state index contributed by atoms with van der Waals surface area (Å²) in [6, 6.07) is 14.1. The van der Waals surface area contributed by atoms with Crippen LogP contribution in [0.15, 0.2) is 48.7 Å². The highest BCUT2D eigenvalue weighted by molar-refractivity contribution is 5.96. The number of nitrogens with zero attached hydrogens (tertiary/aromatic N) is 4. The maximum Gasteiger partial charge on any atom is 0.253 e. The van der Waals surface area contributed by atoms with E-state index in [9.17, 15) is 4.79 Å². The van der Waals surface area contributed by atoms with Crippen LogP contribution in [0.4, 0.5) is 5.82 Å². The first-order valence-electron chi connectivity index (χ1n) is 10.7. The van der Waals surface area contributed by atoms with Gasteiger partial charge in [0.25, 0.3) is 5.91 Å². The molecule has 2 aliphatic heterocycles. The predicted molar refractivity (Wildman–Crippen MR) is 116 cm³/mol. The van der Waals surface area contributed by atoms with Gasteiger partial charge in [-0.2, -0.15) is 0 Å². The quantitative estimate of drug-likeness (QED) is 0.664. The van der Waals surface area contributed by atoms with E-state index < -0.39 is 0 Å². The molecule has 0 N–H and O–H groups in total. The van der Waals surface area contributed by atoms with E-state index in [0.29, 0.717) is 0 Å². The van der Waals surface area contributed by atoms with Crippen LogP contribution in [0.3, 0.4) is 0 Å². The van der Waals surface area contributed by atoms with Gasteiger partial charge in [0.2, 0.25) is 0 Å². The van der Waals surface area contributed by atoms with Crippen LogP contribution < -0.4 is 4.90 Å². The molecular weight excluding hydrogens is 360 g/mol. The molecule has 2 aliphatic rings. The summed E-state index contributed by atoms with van der Waals surface area (Å²) in [5.74, 6) is 1.10. The van der Waals surface area contributed by atoms with Crippen molar-refractivity contribution in [1.29, 1.82) is 0 Å². The number of carbonyl (C=O) groups excluding carboxylic acids is 1. The predicted octanol–water partition coefficient (Wildman–Crippen LogP) is 4.52. The molecule has 5 rings (SSSR count). The molecule has 2 saturated heterocycles. The third-order valence-electron chi connectivity index (χ3n) is 6.05. The molecule has 0 radical (unpaired) electrons. The van der Waals surface area contributed by atoms with Crippen molar-refractivity contribution in [2.24, 2.45) is 0 Å². The number of rotatable bonds is 3. The summed E-state index contributed by atoms with van der Waals surface area (Å²) >= 11 is 0. The first-order chi connectivity index (χ1) is 14.3. The van der Waals surface area contributed by atoms with Crippen molar-refractivity contribution in [2.75, 3.05) is 31.1 Å². The van der Waals surface area contributed by atoms with Gasteiger partial charge in [0, 0.05) is 31.7 Å². The van der Waals surface area contributed by atoms with E-state index in [2.05, 4.69) is 28.1 Å². The number of aromatic nitrogens is 2. The van der Waals surface area contributed by atoms with E-state index in [1.165, 1.54) is 19.3 Å². The van der Waals surface area contributed by atoms with Crippen LogP contribution >= 0.6 is 0 Å².